The Labute approximate surface area is 173 Å². The molecule has 0 bridgehead atoms. The van der Waals surface area contributed by atoms with Crippen LogP contribution in [0.15, 0.2) is 53.4 Å². The third-order valence-corrected chi connectivity index (χ3v) is 7.90. The number of carbonyl (C=O) groups is 1. The van der Waals surface area contributed by atoms with Crippen LogP contribution in [0.1, 0.15) is 42.4 Å². The van der Waals surface area contributed by atoms with Crippen molar-refractivity contribution in [1.82, 2.24) is 9.21 Å². The fourth-order valence-corrected chi connectivity index (χ4v) is 5.72. The summed E-state index contributed by atoms with van der Waals surface area (Å²) in [6, 6.07) is 15.3. The monoisotopic (exact) mass is 412 g/mol. The Morgan fingerprint density at radius 3 is 2.28 bits per heavy atom. The van der Waals surface area contributed by atoms with E-state index in [1.54, 1.807) is 16.4 Å². The van der Waals surface area contributed by atoms with Crippen molar-refractivity contribution in [2.75, 3.05) is 19.6 Å². The number of rotatable bonds is 5. The van der Waals surface area contributed by atoms with Gasteiger partial charge in [0, 0.05) is 32.6 Å². The molecule has 0 unspecified atom stereocenters. The minimum Gasteiger partial charge on any atom is -0.338 e. The summed E-state index contributed by atoms with van der Waals surface area (Å²) in [6.45, 7) is 2.67. The van der Waals surface area contributed by atoms with E-state index < -0.39 is 10.0 Å². The van der Waals surface area contributed by atoms with E-state index in [0.717, 1.165) is 37.8 Å². The third-order valence-electron chi connectivity index (χ3n) is 5.99. The molecule has 0 N–H and O–H groups in total. The summed E-state index contributed by atoms with van der Waals surface area (Å²) in [4.78, 5) is 14.9. The Morgan fingerprint density at radius 1 is 0.862 bits per heavy atom. The summed E-state index contributed by atoms with van der Waals surface area (Å²) in [6.07, 6.45) is 4.94. The van der Waals surface area contributed by atoms with Crippen molar-refractivity contribution in [3.8, 4) is 0 Å². The van der Waals surface area contributed by atoms with Crippen LogP contribution in [0, 0.1) is 0 Å². The van der Waals surface area contributed by atoms with Crippen molar-refractivity contribution in [3.05, 3.63) is 65.2 Å². The fraction of sp³-hybridized carbons (Fsp3) is 0.435. The van der Waals surface area contributed by atoms with Gasteiger partial charge in [-0.05, 0) is 54.5 Å². The molecule has 0 atom stereocenters. The van der Waals surface area contributed by atoms with Crippen LogP contribution in [0.5, 0.6) is 0 Å². The smallest absolute Gasteiger partial charge is 0.243 e. The largest absolute Gasteiger partial charge is 0.338 e. The number of sulfonamides is 1. The van der Waals surface area contributed by atoms with Crippen LogP contribution in [0.4, 0.5) is 0 Å². The molecule has 1 amide bonds. The Bertz CT molecular complexity index is 964. The van der Waals surface area contributed by atoms with Gasteiger partial charge in [-0.3, -0.25) is 4.79 Å². The van der Waals surface area contributed by atoms with Gasteiger partial charge in [0.2, 0.25) is 15.9 Å². The molecule has 5 nitrogen and oxygen atoms in total. The minimum absolute atomic E-state index is 0.157. The molecule has 0 saturated carbocycles. The number of fused-ring (bicyclic) bond motifs is 1. The Morgan fingerprint density at radius 2 is 1.55 bits per heavy atom. The average molecular weight is 413 g/mol. The van der Waals surface area contributed by atoms with E-state index in [-0.39, 0.29) is 5.91 Å². The zero-order valence-electron chi connectivity index (χ0n) is 16.7. The van der Waals surface area contributed by atoms with Gasteiger partial charge < -0.3 is 4.90 Å². The quantitative estimate of drug-likeness (QED) is 0.757. The fourth-order valence-electron chi connectivity index (χ4n) is 4.20. The molecular formula is C23H28N2O3S. The lowest BCUT2D eigenvalue weighted by Gasteiger charge is -2.29. The first-order valence-corrected chi connectivity index (χ1v) is 11.9. The van der Waals surface area contributed by atoms with E-state index >= 15 is 0 Å². The first-order chi connectivity index (χ1) is 14.0. The maximum absolute atomic E-state index is 12.7. The maximum Gasteiger partial charge on any atom is 0.243 e. The predicted molar refractivity (Wildman–Crippen MR) is 113 cm³/mol. The number of aryl methyl sites for hydroxylation is 1. The Hall–Kier alpha value is -2.18. The number of nitrogens with zero attached hydrogens (tertiary/aromatic N) is 2. The topological polar surface area (TPSA) is 57.7 Å². The summed E-state index contributed by atoms with van der Waals surface area (Å²) < 4.78 is 27.1. The lowest BCUT2D eigenvalue weighted by atomic mass is 9.99. The van der Waals surface area contributed by atoms with Gasteiger partial charge in [-0.25, -0.2) is 8.42 Å². The summed E-state index contributed by atoms with van der Waals surface area (Å²) in [5, 5.41) is 0. The van der Waals surface area contributed by atoms with E-state index in [1.165, 1.54) is 11.1 Å². The number of benzene rings is 2. The highest BCUT2D eigenvalue weighted by Crippen LogP contribution is 2.22. The highest BCUT2D eigenvalue weighted by atomic mass is 32.2. The van der Waals surface area contributed by atoms with Crippen LogP contribution < -0.4 is 0 Å². The summed E-state index contributed by atoms with van der Waals surface area (Å²) in [5.74, 6) is 0.157. The molecule has 4 rings (SSSR count). The highest BCUT2D eigenvalue weighted by Gasteiger charge is 2.26. The number of piperidine rings is 1. The summed E-state index contributed by atoms with van der Waals surface area (Å²) in [7, 11) is -3.40. The number of hydrogen-bond donors (Lipinski definition) is 0. The molecule has 6 heteroatoms. The SMILES string of the molecule is O=C(CCc1ccc(S(=O)(=O)N2CCCCC2)cc1)N1CCc2ccccc2C1. The van der Waals surface area contributed by atoms with E-state index in [4.69, 9.17) is 0 Å². The molecule has 1 saturated heterocycles. The molecular weight excluding hydrogens is 384 g/mol. The van der Waals surface area contributed by atoms with Gasteiger partial charge in [-0.15, -0.1) is 0 Å². The average Bonchev–Trinajstić information content (AvgIpc) is 2.78. The normalized spacial score (nSPS) is 17.7. The maximum atomic E-state index is 12.7. The molecule has 2 aliphatic rings. The first-order valence-electron chi connectivity index (χ1n) is 10.5. The van der Waals surface area contributed by atoms with Gasteiger partial charge in [0.1, 0.15) is 0 Å². The molecule has 2 heterocycles. The van der Waals surface area contributed by atoms with Gasteiger partial charge in [0.15, 0.2) is 0 Å². The van der Waals surface area contributed by atoms with Crippen LogP contribution in [-0.4, -0.2) is 43.2 Å². The molecule has 0 radical (unpaired) electrons. The second-order valence-corrected chi connectivity index (χ2v) is 9.88. The van der Waals surface area contributed by atoms with Crippen LogP contribution in [0.25, 0.3) is 0 Å². The third kappa shape index (κ3) is 4.54. The Balaban J connectivity index is 1.34. The van der Waals surface area contributed by atoms with Gasteiger partial charge in [0.05, 0.1) is 4.90 Å². The second-order valence-electron chi connectivity index (χ2n) is 7.94. The minimum atomic E-state index is -3.40. The van der Waals surface area contributed by atoms with E-state index in [1.807, 2.05) is 29.2 Å². The van der Waals surface area contributed by atoms with Crippen molar-refractivity contribution < 1.29 is 13.2 Å². The number of amides is 1. The second kappa shape index (κ2) is 8.67. The molecule has 29 heavy (non-hydrogen) atoms. The van der Waals surface area contributed by atoms with Crippen LogP contribution >= 0.6 is 0 Å². The molecule has 1 fully saturated rings. The van der Waals surface area contributed by atoms with Crippen LogP contribution in [0.2, 0.25) is 0 Å². The zero-order valence-corrected chi connectivity index (χ0v) is 17.5. The number of hydrogen-bond acceptors (Lipinski definition) is 3. The molecule has 0 spiro atoms. The van der Waals surface area contributed by atoms with Gasteiger partial charge >= 0.3 is 0 Å². The molecule has 2 aliphatic heterocycles. The lowest BCUT2D eigenvalue weighted by Crippen LogP contribution is -2.36. The molecule has 2 aromatic carbocycles. The predicted octanol–water partition coefficient (Wildman–Crippen LogP) is 3.38. The summed E-state index contributed by atoms with van der Waals surface area (Å²) in [5.41, 5.74) is 3.56. The Kier molecular flexibility index (Phi) is 6.01. The standard InChI is InChI=1S/C23H28N2O3S/c26-23(24-17-14-20-6-2-3-7-21(20)18-24)13-10-19-8-11-22(12-9-19)29(27,28)25-15-4-1-5-16-25/h2-3,6-9,11-12H,1,4-5,10,13-18H2. The zero-order chi connectivity index (χ0) is 20.3. The molecule has 154 valence electrons. The number of carbonyl (C=O) groups excluding carboxylic acids is 1. The summed E-state index contributed by atoms with van der Waals surface area (Å²) >= 11 is 0. The van der Waals surface area contributed by atoms with Crippen LogP contribution in [0.3, 0.4) is 0 Å². The van der Waals surface area contributed by atoms with Gasteiger partial charge in [-0.1, -0.05) is 42.8 Å². The first kappa shape index (κ1) is 20.1. The van der Waals surface area contributed by atoms with E-state index in [9.17, 15) is 13.2 Å². The van der Waals surface area contributed by atoms with Gasteiger partial charge in [0.25, 0.3) is 0 Å². The van der Waals surface area contributed by atoms with Crippen molar-refractivity contribution >= 4 is 15.9 Å². The van der Waals surface area contributed by atoms with Crippen molar-refractivity contribution in [2.24, 2.45) is 0 Å². The molecule has 0 aliphatic carbocycles. The van der Waals surface area contributed by atoms with E-state index in [0.29, 0.717) is 37.4 Å². The molecule has 2 aromatic rings. The molecule has 0 aromatic heterocycles. The highest BCUT2D eigenvalue weighted by molar-refractivity contribution is 7.89. The van der Waals surface area contributed by atoms with Crippen molar-refractivity contribution in [1.29, 1.82) is 0 Å². The van der Waals surface area contributed by atoms with Crippen molar-refractivity contribution in [2.45, 2.75) is 50.0 Å². The van der Waals surface area contributed by atoms with E-state index in [2.05, 4.69) is 12.1 Å². The van der Waals surface area contributed by atoms with Crippen molar-refractivity contribution in [3.63, 3.8) is 0 Å². The van der Waals surface area contributed by atoms with Gasteiger partial charge in [-0.2, -0.15) is 4.31 Å². The van der Waals surface area contributed by atoms with Crippen LogP contribution in [-0.2, 0) is 34.2 Å². The lowest BCUT2D eigenvalue weighted by molar-refractivity contribution is -0.132.